The van der Waals surface area contributed by atoms with Crippen molar-refractivity contribution >= 4 is 0 Å². The fourth-order valence-corrected chi connectivity index (χ4v) is 2.13. The Hall–Kier alpha value is -2.34. The van der Waals surface area contributed by atoms with Gasteiger partial charge in [0.25, 0.3) is 0 Å². The van der Waals surface area contributed by atoms with Crippen molar-refractivity contribution < 1.29 is 9.13 Å². The molecule has 0 saturated carbocycles. The summed E-state index contributed by atoms with van der Waals surface area (Å²) in [5, 5.41) is 9.11. The number of rotatable bonds is 2. The number of halogens is 1. The topological polar surface area (TPSA) is 33.0 Å². The molecule has 0 N–H and O–H groups in total. The van der Waals surface area contributed by atoms with Crippen LogP contribution >= 0.6 is 0 Å². The van der Waals surface area contributed by atoms with Crippen LogP contribution in [0.4, 0.5) is 4.39 Å². The van der Waals surface area contributed by atoms with Crippen LogP contribution in [0.5, 0.6) is 11.5 Å². The van der Waals surface area contributed by atoms with Crippen LogP contribution in [0, 0.1) is 24.1 Å². The Balaban J connectivity index is 2.50. The van der Waals surface area contributed by atoms with E-state index in [4.69, 9.17) is 10.00 Å². The molecule has 0 amide bonds. The summed E-state index contributed by atoms with van der Waals surface area (Å²) in [4.78, 5) is 0. The van der Waals surface area contributed by atoms with E-state index in [1.54, 1.807) is 0 Å². The normalized spacial score (nSPS) is 11.0. The highest BCUT2D eigenvalue weighted by atomic mass is 19.1. The predicted molar refractivity (Wildman–Crippen MR) is 81.1 cm³/mol. The van der Waals surface area contributed by atoms with Gasteiger partial charge in [0.2, 0.25) is 0 Å². The van der Waals surface area contributed by atoms with Crippen LogP contribution in [0.2, 0.25) is 0 Å². The molecule has 2 rings (SSSR count). The van der Waals surface area contributed by atoms with Crippen molar-refractivity contribution in [2.45, 2.75) is 33.1 Å². The summed E-state index contributed by atoms with van der Waals surface area (Å²) in [7, 11) is 0. The van der Waals surface area contributed by atoms with Gasteiger partial charge in [-0.25, -0.2) is 4.39 Å². The molecule has 0 heterocycles. The Morgan fingerprint density at radius 1 is 1.05 bits per heavy atom. The maximum atomic E-state index is 13.2. The largest absolute Gasteiger partial charge is 0.456 e. The zero-order chi connectivity index (χ0) is 15.6. The van der Waals surface area contributed by atoms with E-state index in [0.717, 1.165) is 11.1 Å². The van der Waals surface area contributed by atoms with Gasteiger partial charge < -0.3 is 4.74 Å². The Bertz CT molecular complexity index is 708. The van der Waals surface area contributed by atoms with Crippen molar-refractivity contribution in [3.05, 3.63) is 58.9 Å². The van der Waals surface area contributed by atoms with Gasteiger partial charge in [0, 0.05) is 5.56 Å². The van der Waals surface area contributed by atoms with Gasteiger partial charge >= 0.3 is 0 Å². The summed E-state index contributed by atoms with van der Waals surface area (Å²) in [5.41, 5.74) is 2.21. The Kier molecular flexibility index (Phi) is 3.99. The quantitative estimate of drug-likeness (QED) is 0.768. The van der Waals surface area contributed by atoms with Gasteiger partial charge in [-0.2, -0.15) is 5.26 Å². The molecule has 0 saturated heterocycles. The molecular formula is C18H18FNO. The zero-order valence-corrected chi connectivity index (χ0v) is 12.7. The van der Waals surface area contributed by atoms with Crippen molar-refractivity contribution in [3.8, 4) is 17.6 Å². The lowest BCUT2D eigenvalue weighted by Crippen LogP contribution is -2.12. The van der Waals surface area contributed by atoms with E-state index in [9.17, 15) is 4.39 Å². The first-order valence-electron chi connectivity index (χ1n) is 6.80. The third-order valence-electron chi connectivity index (χ3n) is 3.23. The van der Waals surface area contributed by atoms with E-state index in [-0.39, 0.29) is 11.0 Å². The fraction of sp³-hybridized carbons (Fsp3) is 0.278. The molecule has 0 spiro atoms. The van der Waals surface area contributed by atoms with Gasteiger partial charge in [-0.3, -0.25) is 0 Å². The molecule has 0 bridgehead atoms. The SMILES string of the molecule is Cc1ccc(C(C)(C)C)c(Oc2ccc(F)cc2C#N)c1. The zero-order valence-electron chi connectivity index (χ0n) is 12.7. The Morgan fingerprint density at radius 3 is 2.38 bits per heavy atom. The Labute approximate surface area is 124 Å². The van der Waals surface area contributed by atoms with Crippen LogP contribution < -0.4 is 4.74 Å². The molecule has 0 aliphatic rings. The molecule has 2 aromatic carbocycles. The number of ether oxygens (including phenoxy) is 1. The molecular weight excluding hydrogens is 265 g/mol. The van der Waals surface area contributed by atoms with Crippen LogP contribution in [-0.2, 0) is 5.41 Å². The molecule has 108 valence electrons. The maximum Gasteiger partial charge on any atom is 0.145 e. The number of hydrogen-bond acceptors (Lipinski definition) is 2. The van der Waals surface area contributed by atoms with Crippen molar-refractivity contribution in [3.63, 3.8) is 0 Å². The van der Waals surface area contributed by atoms with Gasteiger partial charge in [-0.15, -0.1) is 0 Å². The van der Waals surface area contributed by atoms with Gasteiger partial charge in [-0.05, 0) is 42.2 Å². The van der Waals surface area contributed by atoms with E-state index in [0.29, 0.717) is 11.5 Å². The van der Waals surface area contributed by atoms with E-state index in [2.05, 4.69) is 20.8 Å². The van der Waals surface area contributed by atoms with E-state index < -0.39 is 5.82 Å². The Morgan fingerprint density at radius 2 is 1.76 bits per heavy atom. The fourth-order valence-electron chi connectivity index (χ4n) is 2.13. The number of benzene rings is 2. The third kappa shape index (κ3) is 3.41. The summed E-state index contributed by atoms with van der Waals surface area (Å²) in [6.45, 7) is 8.27. The van der Waals surface area contributed by atoms with Crippen molar-refractivity contribution in [2.75, 3.05) is 0 Å². The molecule has 0 aromatic heterocycles. The van der Waals surface area contributed by atoms with Gasteiger partial charge in [0.1, 0.15) is 23.4 Å². The molecule has 0 aliphatic carbocycles. The molecule has 0 unspecified atom stereocenters. The first kappa shape index (κ1) is 15.1. The number of aryl methyl sites for hydroxylation is 1. The second kappa shape index (κ2) is 5.57. The van der Waals surface area contributed by atoms with Crippen LogP contribution in [0.3, 0.4) is 0 Å². The highest BCUT2D eigenvalue weighted by molar-refractivity contribution is 5.49. The number of nitriles is 1. The lowest BCUT2D eigenvalue weighted by Gasteiger charge is -2.23. The summed E-state index contributed by atoms with van der Waals surface area (Å²) < 4.78 is 19.1. The standard InChI is InChI=1S/C18H18FNO/c1-12-5-7-15(18(2,3)4)17(9-12)21-16-8-6-14(19)10-13(16)11-20/h5-10H,1-4H3. The first-order chi connectivity index (χ1) is 9.81. The lowest BCUT2D eigenvalue weighted by atomic mass is 9.86. The van der Waals surface area contributed by atoms with Gasteiger partial charge in [-0.1, -0.05) is 32.9 Å². The van der Waals surface area contributed by atoms with Crippen LogP contribution in [0.1, 0.15) is 37.5 Å². The molecule has 0 radical (unpaired) electrons. The molecule has 3 heteroatoms. The van der Waals surface area contributed by atoms with Crippen LogP contribution in [0.25, 0.3) is 0 Å². The minimum Gasteiger partial charge on any atom is -0.456 e. The smallest absolute Gasteiger partial charge is 0.145 e. The predicted octanol–water partition coefficient (Wildman–Crippen LogP) is 5.10. The third-order valence-corrected chi connectivity index (χ3v) is 3.23. The van der Waals surface area contributed by atoms with Crippen molar-refractivity contribution in [1.82, 2.24) is 0 Å². The molecule has 0 fully saturated rings. The van der Waals surface area contributed by atoms with E-state index in [1.165, 1.54) is 18.2 Å². The molecule has 2 aromatic rings. The minimum atomic E-state index is -0.445. The second-order valence-corrected chi connectivity index (χ2v) is 6.10. The molecule has 21 heavy (non-hydrogen) atoms. The van der Waals surface area contributed by atoms with Crippen LogP contribution in [-0.4, -0.2) is 0 Å². The lowest BCUT2D eigenvalue weighted by molar-refractivity contribution is 0.452. The highest BCUT2D eigenvalue weighted by Gasteiger charge is 2.20. The highest BCUT2D eigenvalue weighted by Crippen LogP contribution is 2.35. The summed E-state index contributed by atoms with van der Waals surface area (Å²) in [6.07, 6.45) is 0. The average molecular weight is 283 g/mol. The maximum absolute atomic E-state index is 13.2. The van der Waals surface area contributed by atoms with E-state index >= 15 is 0 Å². The second-order valence-electron chi connectivity index (χ2n) is 6.10. The minimum absolute atomic E-state index is 0.0874. The average Bonchev–Trinajstić information content (AvgIpc) is 2.39. The number of nitrogens with zero attached hydrogens (tertiary/aromatic N) is 1. The van der Waals surface area contributed by atoms with Gasteiger partial charge in [0.15, 0.2) is 0 Å². The monoisotopic (exact) mass is 283 g/mol. The summed E-state index contributed by atoms with van der Waals surface area (Å²) in [5.74, 6) is 0.625. The molecule has 0 aliphatic heterocycles. The van der Waals surface area contributed by atoms with Gasteiger partial charge in [0.05, 0.1) is 5.56 Å². The summed E-state index contributed by atoms with van der Waals surface area (Å²) in [6, 6.07) is 11.9. The van der Waals surface area contributed by atoms with E-state index in [1.807, 2.05) is 31.2 Å². The number of hydrogen-bond donors (Lipinski definition) is 0. The summed E-state index contributed by atoms with van der Waals surface area (Å²) >= 11 is 0. The molecule has 0 atom stereocenters. The first-order valence-corrected chi connectivity index (χ1v) is 6.80. The molecule has 2 nitrogen and oxygen atoms in total. The van der Waals surface area contributed by atoms with Crippen molar-refractivity contribution in [1.29, 1.82) is 5.26 Å². The van der Waals surface area contributed by atoms with Crippen LogP contribution in [0.15, 0.2) is 36.4 Å². The van der Waals surface area contributed by atoms with Crippen molar-refractivity contribution in [2.24, 2.45) is 0 Å².